The summed E-state index contributed by atoms with van der Waals surface area (Å²) in [6.07, 6.45) is 31.4. The molecule has 0 nitrogen and oxygen atoms in total. The van der Waals surface area contributed by atoms with Crippen molar-refractivity contribution in [3.05, 3.63) is 0 Å². The Bertz CT molecular complexity index is 249. The number of rotatable bonds is 21. The molecule has 0 aromatic heterocycles. The fourth-order valence-corrected chi connectivity index (χ4v) is 8.07. The fourth-order valence-electron chi connectivity index (χ4n) is 4.51. The second-order valence-electron chi connectivity index (χ2n) is 8.97. The van der Waals surface area contributed by atoms with E-state index in [4.69, 9.17) is 0 Å². The van der Waals surface area contributed by atoms with Gasteiger partial charge in [-0.15, -0.1) is 0 Å². The first-order valence-corrected chi connectivity index (χ1v) is 15.6. The van der Waals surface area contributed by atoms with Gasteiger partial charge in [-0.1, -0.05) is 45.4 Å². The third-order valence-corrected chi connectivity index (χ3v) is 13.0. The van der Waals surface area contributed by atoms with Crippen LogP contribution in [0.4, 0.5) is 0 Å². The summed E-state index contributed by atoms with van der Waals surface area (Å²) in [4.78, 5) is 0. The zero-order chi connectivity index (χ0) is 19.3. The molecular weight excluding hydrogens is 331 g/mol. The third kappa shape index (κ3) is 15.5. The molecule has 0 radical (unpaired) electrons. The van der Waals surface area contributed by atoms with E-state index in [1.54, 1.807) is 6.16 Å². The van der Waals surface area contributed by atoms with Crippen LogP contribution in [-0.4, -0.2) is 24.6 Å². The van der Waals surface area contributed by atoms with E-state index in [9.17, 15) is 0 Å². The van der Waals surface area contributed by atoms with Gasteiger partial charge >= 0.3 is 123 Å². The summed E-state index contributed by atoms with van der Waals surface area (Å²) in [6.45, 7) is 9.66. The van der Waals surface area contributed by atoms with Crippen LogP contribution in [0, 0.1) is 0 Å². The van der Waals surface area contributed by atoms with Crippen molar-refractivity contribution < 1.29 is 0 Å². The molecule has 0 aromatic carbocycles. The Labute approximate surface area is 169 Å². The average Bonchev–Trinajstić information content (AvgIpc) is 2.68. The van der Waals surface area contributed by atoms with Crippen LogP contribution in [0.3, 0.4) is 0 Å². The Kier molecular flexibility index (Phi) is 20.5. The van der Waals surface area contributed by atoms with Crippen LogP contribution in [-0.2, 0) is 0 Å². The second-order valence-corrected chi connectivity index (χ2v) is 14.6. The van der Waals surface area contributed by atoms with E-state index in [1.165, 1.54) is 128 Å². The van der Waals surface area contributed by atoms with E-state index < -0.39 is 7.26 Å². The first-order valence-electron chi connectivity index (χ1n) is 12.7. The molecule has 160 valence electrons. The van der Waals surface area contributed by atoms with Gasteiger partial charge in [0.05, 0.1) is 0 Å². The summed E-state index contributed by atoms with van der Waals surface area (Å²) in [5.41, 5.74) is 0. The van der Waals surface area contributed by atoms with Gasteiger partial charge in [0, 0.05) is 0 Å². The van der Waals surface area contributed by atoms with E-state index >= 15 is 0 Å². The first-order chi connectivity index (χ1) is 12.7. The van der Waals surface area contributed by atoms with Crippen LogP contribution in [0.2, 0.25) is 0 Å². The maximum absolute atomic E-state index is 2.45. The molecule has 0 rings (SSSR count). The zero-order valence-electron chi connectivity index (χ0n) is 19.3. The van der Waals surface area contributed by atoms with Gasteiger partial charge in [-0.3, -0.25) is 0 Å². The van der Waals surface area contributed by atoms with Crippen molar-refractivity contribution in [3.63, 3.8) is 0 Å². The van der Waals surface area contributed by atoms with Gasteiger partial charge in [0.25, 0.3) is 0 Å². The van der Waals surface area contributed by atoms with Crippen molar-refractivity contribution in [2.45, 2.75) is 137 Å². The molecule has 0 amide bonds. The summed E-state index contributed by atoms with van der Waals surface area (Å²) in [5, 5.41) is 0. The molecule has 0 aliphatic rings. The number of unbranched alkanes of at least 4 members (excludes halogenated alkanes) is 16. The molecule has 0 heterocycles. The van der Waals surface area contributed by atoms with Crippen LogP contribution in [0.25, 0.3) is 0 Å². The SMILES string of the molecule is CCCCCCCCCCCCCCCCCCC[PH](CC)(CC)CC. The third-order valence-electron chi connectivity index (χ3n) is 7.06. The monoisotopic (exact) mass is 386 g/mol. The second kappa shape index (κ2) is 20.2. The summed E-state index contributed by atoms with van der Waals surface area (Å²) in [7, 11) is -0.826. The molecule has 0 aromatic rings. The van der Waals surface area contributed by atoms with Crippen molar-refractivity contribution in [1.29, 1.82) is 0 Å². The molecule has 0 unspecified atom stereocenters. The minimum atomic E-state index is -0.826. The summed E-state index contributed by atoms with van der Waals surface area (Å²) < 4.78 is 0. The quantitative estimate of drug-likeness (QED) is 0.136. The Morgan fingerprint density at radius 2 is 0.615 bits per heavy atom. The van der Waals surface area contributed by atoms with Crippen molar-refractivity contribution in [2.24, 2.45) is 0 Å². The van der Waals surface area contributed by atoms with Crippen molar-refractivity contribution in [2.75, 3.05) is 24.6 Å². The Hall–Kier alpha value is 0.430. The van der Waals surface area contributed by atoms with E-state index in [2.05, 4.69) is 27.7 Å². The van der Waals surface area contributed by atoms with Gasteiger partial charge in [-0.25, -0.2) is 0 Å². The van der Waals surface area contributed by atoms with Gasteiger partial charge in [-0.05, 0) is 0 Å². The summed E-state index contributed by atoms with van der Waals surface area (Å²) in [5.74, 6) is 0. The Morgan fingerprint density at radius 1 is 0.346 bits per heavy atom. The molecule has 0 saturated carbocycles. The predicted molar refractivity (Wildman–Crippen MR) is 129 cm³/mol. The molecule has 0 bridgehead atoms. The van der Waals surface area contributed by atoms with Crippen molar-refractivity contribution >= 4 is 7.26 Å². The van der Waals surface area contributed by atoms with Gasteiger partial charge in [0.2, 0.25) is 0 Å². The molecular formula is C25H55P. The minimum absolute atomic E-state index is 0.826. The van der Waals surface area contributed by atoms with E-state index in [1.807, 2.05) is 0 Å². The normalized spacial score (nSPS) is 12.6. The first kappa shape index (κ1) is 26.4. The molecule has 0 saturated heterocycles. The van der Waals surface area contributed by atoms with E-state index in [-0.39, 0.29) is 0 Å². The van der Waals surface area contributed by atoms with Crippen LogP contribution in [0.1, 0.15) is 137 Å². The van der Waals surface area contributed by atoms with E-state index in [0.29, 0.717) is 0 Å². The molecule has 0 aliphatic carbocycles. The van der Waals surface area contributed by atoms with Crippen LogP contribution >= 0.6 is 7.26 Å². The fraction of sp³-hybridized carbons (Fsp3) is 1.00. The number of hydrogen-bond donors (Lipinski definition) is 0. The molecule has 26 heavy (non-hydrogen) atoms. The Morgan fingerprint density at radius 3 is 0.885 bits per heavy atom. The summed E-state index contributed by atoms with van der Waals surface area (Å²) in [6, 6.07) is 0. The predicted octanol–water partition coefficient (Wildman–Crippen LogP) is 9.45. The maximum atomic E-state index is 2.45. The summed E-state index contributed by atoms with van der Waals surface area (Å²) >= 11 is 0. The van der Waals surface area contributed by atoms with Crippen molar-refractivity contribution in [3.8, 4) is 0 Å². The van der Waals surface area contributed by atoms with Gasteiger partial charge in [-0.2, -0.15) is 0 Å². The zero-order valence-corrected chi connectivity index (χ0v) is 20.3. The van der Waals surface area contributed by atoms with E-state index in [0.717, 1.165) is 0 Å². The van der Waals surface area contributed by atoms with Crippen LogP contribution in [0.5, 0.6) is 0 Å². The molecule has 1 heteroatoms. The van der Waals surface area contributed by atoms with Gasteiger partial charge < -0.3 is 0 Å². The topological polar surface area (TPSA) is 0 Å². The molecule has 0 spiro atoms. The van der Waals surface area contributed by atoms with Gasteiger partial charge in [0.15, 0.2) is 0 Å². The Balaban J connectivity index is 3.20. The standard InChI is InChI=1S/C25H55P/c1-5-9-10-11-12-13-14-15-16-17-18-19-20-21-22-23-24-25-26(6-2,7-3)8-4/h26H,5-25H2,1-4H3. The van der Waals surface area contributed by atoms with Crippen LogP contribution in [0.15, 0.2) is 0 Å². The molecule has 0 fully saturated rings. The molecule has 0 N–H and O–H groups in total. The van der Waals surface area contributed by atoms with Crippen LogP contribution < -0.4 is 0 Å². The average molecular weight is 387 g/mol. The number of hydrogen-bond acceptors (Lipinski definition) is 0. The van der Waals surface area contributed by atoms with Gasteiger partial charge in [0.1, 0.15) is 0 Å². The molecule has 0 aliphatic heterocycles. The molecule has 0 atom stereocenters. The van der Waals surface area contributed by atoms with Crippen molar-refractivity contribution in [1.82, 2.24) is 0 Å².